The third-order valence-electron chi connectivity index (χ3n) is 6.33. The average Bonchev–Trinajstić information content (AvgIpc) is 3.40. The number of nitrogens with zero attached hydrogens (tertiary/aromatic N) is 4. The molecule has 1 atom stereocenters. The molecule has 2 aromatic rings. The summed E-state index contributed by atoms with van der Waals surface area (Å²) in [5.74, 6) is -2.01. The molecule has 4 rings (SSSR count). The number of aliphatic hydroxyl groups is 1. The van der Waals surface area contributed by atoms with Gasteiger partial charge in [0, 0.05) is 25.8 Å². The van der Waals surface area contributed by atoms with Gasteiger partial charge in [0.25, 0.3) is 11.7 Å². The van der Waals surface area contributed by atoms with E-state index in [1.54, 1.807) is 37.7 Å². The summed E-state index contributed by atoms with van der Waals surface area (Å²) in [5, 5.41) is 15.5. The number of Topliss-reactive ketones (excluding diaryl/α,β-unsaturated/α-hetero) is 1. The Bertz CT molecular complexity index is 1050. The molecule has 2 aliphatic rings. The van der Waals surface area contributed by atoms with Crippen molar-refractivity contribution in [2.75, 3.05) is 26.2 Å². The number of aliphatic hydroxyl groups excluding tert-OH is 1. The van der Waals surface area contributed by atoms with Gasteiger partial charge in [0.1, 0.15) is 11.6 Å². The molecule has 7 nitrogen and oxygen atoms in total. The number of likely N-dealkylation sites (tertiary alicyclic amines) is 2. The highest BCUT2D eigenvalue weighted by Crippen LogP contribution is 2.40. The molecule has 1 amide bonds. The number of halogens is 1. The summed E-state index contributed by atoms with van der Waals surface area (Å²) in [4.78, 5) is 29.8. The van der Waals surface area contributed by atoms with Crippen LogP contribution in [0.5, 0.6) is 0 Å². The van der Waals surface area contributed by atoms with Crippen molar-refractivity contribution in [1.82, 2.24) is 19.6 Å². The van der Waals surface area contributed by atoms with E-state index in [9.17, 15) is 19.1 Å². The number of amides is 1. The van der Waals surface area contributed by atoms with Crippen LogP contribution in [-0.2, 0) is 16.6 Å². The Labute approximate surface area is 180 Å². The second-order valence-electron chi connectivity index (χ2n) is 8.26. The van der Waals surface area contributed by atoms with Gasteiger partial charge in [-0.15, -0.1) is 0 Å². The molecule has 0 radical (unpaired) electrons. The monoisotopic (exact) mass is 426 g/mol. The average molecular weight is 426 g/mol. The van der Waals surface area contributed by atoms with Gasteiger partial charge in [-0.2, -0.15) is 5.10 Å². The Balaban J connectivity index is 1.80. The Morgan fingerprint density at radius 2 is 1.77 bits per heavy atom. The predicted octanol–water partition coefficient (Wildman–Crippen LogP) is 2.69. The molecule has 1 aromatic heterocycles. The smallest absolute Gasteiger partial charge is 0.295 e. The van der Waals surface area contributed by atoms with Crippen LogP contribution < -0.4 is 0 Å². The van der Waals surface area contributed by atoms with E-state index < -0.39 is 23.5 Å². The minimum absolute atomic E-state index is 0.0252. The van der Waals surface area contributed by atoms with Crippen LogP contribution in [0, 0.1) is 19.7 Å². The highest BCUT2D eigenvalue weighted by atomic mass is 19.1. The van der Waals surface area contributed by atoms with Crippen LogP contribution in [-0.4, -0.2) is 62.6 Å². The molecule has 164 valence electrons. The molecule has 1 N–H and O–H groups in total. The Morgan fingerprint density at radius 1 is 1.13 bits per heavy atom. The van der Waals surface area contributed by atoms with Gasteiger partial charge < -0.3 is 14.9 Å². The topological polar surface area (TPSA) is 78.7 Å². The molecule has 0 saturated carbocycles. The Hall–Kier alpha value is -3.00. The summed E-state index contributed by atoms with van der Waals surface area (Å²) in [5.41, 5.74) is 2.32. The van der Waals surface area contributed by atoms with Crippen molar-refractivity contribution in [3.63, 3.8) is 0 Å². The minimum Gasteiger partial charge on any atom is -0.507 e. The SMILES string of the molecule is Cc1nn(C)c(C)c1/C(O)=C1\C(=O)C(=O)N(CCN2CCCC2)C1c1ccc(F)cc1. The van der Waals surface area contributed by atoms with Gasteiger partial charge in [-0.1, -0.05) is 12.1 Å². The maximum absolute atomic E-state index is 13.6. The normalized spacial score (nSPS) is 21.4. The summed E-state index contributed by atoms with van der Waals surface area (Å²) in [6.45, 7) is 6.49. The predicted molar refractivity (Wildman–Crippen MR) is 114 cm³/mol. The van der Waals surface area contributed by atoms with Crippen LogP contribution in [0.3, 0.4) is 0 Å². The molecule has 1 unspecified atom stereocenters. The molecule has 0 aliphatic carbocycles. The fraction of sp³-hybridized carbons (Fsp3) is 0.435. The van der Waals surface area contributed by atoms with Crippen LogP contribution in [0.1, 0.15) is 41.4 Å². The highest BCUT2D eigenvalue weighted by molar-refractivity contribution is 6.46. The van der Waals surface area contributed by atoms with E-state index in [0.717, 1.165) is 25.9 Å². The van der Waals surface area contributed by atoms with E-state index in [4.69, 9.17) is 0 Å². The lowest BCUT2D eigenvalue weighted by atomic mass is 9.94. The number of ketones is 1. The summed E-state index contributed by atoms with van der Waals surface area (Å²) in [7, 11) is 1.76. The standard InChI is InChI=1S/C23H27FN4O3/c1-14-18(15(2)26(3)25-14)21(29)19-20(16-6-8-17(24)9-7-16)28(23(31)22(19)30)13-12-27-10-4-5-11-27/h6-9,20,29H,4-5,10-13H2,1-3H3/b21-19+. The number of aryl methyl sites for hydroxylation is 2. The molecule has 2 fully saturated rings. The molecule has 8 heteroatoms. The van der Waals surface area contributed by atoms with Crippen molar-refractivity contribution in [3.8, 4) is 0 Å². The number of hydrogen-bond acceptors (Lipinski definition) is 5. The van der Waals surface area contributed by atoms with Gasteiger partial charge >= 0.3 is 0 Å². The van der Waals surface area contributed by atoms with E-state index >= 15 is 0 Å². The summed E-state index contributed by atoms with van der Waals surface area (Å²) < 4.78 is 15.2. The van der Waals surface area contributed by atoms with Crippen molar-refractivity contribution < 1.29 is 19.1 Å². The maximum atomic E-state index is 13.6. The molecule has 0 spiro atoms. The van der Waals surface area contributed by atoms with E-state index in [1.165, 1.54) is 17.0 Å². The largest absolute Gasteiger partial charge is 0.507 e. The quantitative estimate of drug-likeness (QED) is 0.452. The fourth-order valence-electron chi connectivity index (χ4n) is 4.61. The second-order valence-corrected chi connectivity index (χ2v) is 8.26. The van der Waals surface area contributed by atoms with Gasteiger partial charge in [-0.25, -0.2) is 4.39 Å². The molecular formula is C23H27FN4O3. The number of benzene rings is 1. The molecule has 1 aromatic carbocycles. The molecule has 0 bridgehead atoms. The van der Waals surface area contributed by atoms with Crippen molar-refractivity contribution in [2.45, 2.75) is 32.7 Å². The lowest BCUT2D eigenvalue weighted by molar-refractivity contribution is -0.140. The zero-order valence-corrected chi connectivity index (χ0v) is 18.1. The number of carbonyl (C=O) groups is 2. The molecular weight excluding hydrogens is 399 g/mol. The molecule has 3 heterocycles. The van der Waals surface area contributed by atoms with Crippen molar-refractivity contribution >= 4 is 17.4 Å². The van der Waals surface area contributed by atoms with Gasteiger partial charge in [-0.05, 0) is 57.5 Å². The summed E-state index contributed by atoms with van der Waals surface area (Å²) >= 11 is 0. The minimum atomic E-state index is -0.776. The number of hydrogen-bond donors (Lipinski definition) is 1. The zero-order chi connectivity index (χ0) is 22.3. The lowest BCUT2D eigenvalue weighted by Gasteiger charge is -2.27. The van der Waals surface area contributed by atoms with Gasteiger partial charge in [0.2, 0.25) is 0 Å². The highest BCUT2D eigenvalue weighted by Gasteiger charge is 2.46. The first-order valence-corrected chi connectivity index (χ1v) is 10.6. The Kier molecular flexibility index (Phi) is 5.66. The number of carbonyl (C=O) groups excluding carboxylic acids is 2. The van der Waals surface area contributed by atoms with Crippen molar-refractivity contribution in [3.05, 3.63) is 58.2 Å². The number of aromatic nitrogens is 2. The molecule has 31 heavy (non-hydrogen) atoms. The van der Waals surface area contributed by atoms with Crippen LogP contribution in [0.4, 0.5) is 4.39 Å². The van der Waals surface area contributed by atoms with Gasteiger partial charge in [-0.3, -0.25) is 14.3 Å². The zero-order valence-electron chi connectivity index (χ0n) is 18.1. The van der Waals surface area contributed by atoms with E-state index in [0.29, 0.717) is 35.6 Å². The van der Waals surface area contributed by atoms with Crippen molar-refractivity contribution in [1.29, 1.82) is 0 Å². The summed E-state index contributed by atoms with van der Waals surface area (Å²) in [6, 6.07) is 4.95. The Morgan fingerprint density at radius 3 is 2.35 bits per heavy atom. The maximum Gasteiger partial charge on any atom is 0.295 e. The van der Waals surface area contributed by atoms with Crippen LogP contribution in [0.15, 0.2) is 29.8 Å². The van der Waals surface area contributed by atoms with Crippen molar-refractivity contribution in [2.24, 2.45) is 7.05 Å². The van der Waals surface area contributed by atoms with E-state index in [2.05, 4.69) is 10.00 Å². The summed E-state index contributed by atoms with van der Waals surface area (Å²) in [6.07, 6.45) is 2.25. The molecule has 2 aliphatic heterocycles. The van der Waals surface area contributed by atoms with Crippen LogP contribution >= 0.6 is 0 Å². The van der Waals surface area contributed by atoms with E-state index in [1.807, 2.05) is 0 Å². The first-order chi connectivity index (χ1) is 14.8. The number of rotatable bonds is 5. The lowest BCUT2D eigenvalue weighted by Crippen LogP contribution is -2.37. The molecule has 2 saturated heterocycles. The first-order valence-electron chi connectivity index (χ1n) is 10.6. The van der Waals surface area contributed by atoms with Gasteiger partial charge in [0.15, 0.2) is 0 Å². The van der Waals surface area contributed by atoms with E-state index in [-0.39, 0.29) is 11.3 Å². The fourth-order valence-corrected chi connectivity index (χ4v) is 4.61. The van der Waals surface area contributed by atoms with Gasteiger partial charge in [0.05, 0.1) is 22.9 Å². The third kappa shape index (κ3) is 3.76. The van der Waals surface area contributed by atoms with Crippen LogP contribution in [0.2, 0.25) is 0 Å². The third-order valence-corrected chi connectivity index (χ3v) is 6.33. The second kappa shape index (κ2) is 8.26. The first kappa shape index (κ1) is 21.2. The van der Waals surface area contributed by atoms with Crippen LogP contribution in [0.25, 0.3) is 5.76 Å².